The lowest BCUT2D eigenvalue weighted by molar-refractivity contribution is -0.140. The first-order valence-corrected chi connectivity index (χ1v) is 8.74. The SMILES string of the molecule is CCCCCC/C(=N\OC(C)=O)C(=O)c1ccc(SC)cc1. The lowest BCUT2D eigenvalue weighted by atomic mass is 10.0. The minimum atomic E-state index is -0.517. The van der Waals surface area contributed by atoms with Crippen LogP contribution in [-0.2, 0) is 9.63 Å². The number of oxime groups is 1. The van der Waals surface area contributed by atoms with Crippen LogP contribution in [0.4, 0.5) is 0 Å². The van der Waals surface area contributed by atoms with Crippen molar-refractivity contribution in [2.45, 2.75) is 50.8 Å². The van der Waals surface area contributed by atoms with Crippen molar-refractivity contribution in [3.8, 4) is 0 Å². The van der Waals surface area contributed by atoms with E-state index in [9.17, 15) is 9.59 Å². The quantitative estimate of drug-likeness (QED) is 0.168. The number of Topliss-reactive ketones (excluding diaryl/α,β-unsaturated/α-hetero) is 1. The van der Waals surface area contributed by atoms with Gasteiger partial charge in [-0.2, -0.15) is 0 Å². The van der Waals surface area contributed by atoms with Gasteiger partial charge < -0.3 is 4.84 Å². The predicted molar refractivity (Wildman–Crippen MR) is 90.5 cm³/mol. The molecule has 0 saturated heterocycles. The van der Waals surface area contributed by atoms with Crippen molar-refractivity contribution in [2.24, 2.45) is 5.16 Å². The molecule has 0 atom stereocenters. The third-order valence-corrected chi connectivity index (χ3v) is 3.91. The van der Waals surface area contributed by atoms with E-state index >= 15 is 0 Å². The van der Waals surface area contributed by atoms with E-state index in [-0.39, 0.29) is 5.78 Å². The Kier molecular flexibility index (Phi) is 8.51. The molecular weight excluding hydrogens is 298 g/mol. The molecule has 0 amide bonds. The average Bonchev–Trinajstić information content (AvgIpc) is 2.53. The van der Waals surface area contributed by atoms with Crippen LogP contribution < -0.4 is 0 Å². The molecule has 120 valence electrons. The lowest BCUT2D eigenvalue weighted by Gasteiger charge is -2.06. The molecule has 0 bridgehead atoms. The third kappa shape index (κ3) is 6.43. The molecule has 0 aromatic heterocycles. The van der Waals surface area contributed by atoms with Gasteiger partial charge in [-0.3, -0.25) is 4.79 Å². The van der Waals surface area contributed by atoms with Gasteiger partial charge in [-0.15, -0.1) is 11.8 Å². The molecule has 1 rings (SSSR count). The largest absolute Gasteiger partial charge is 0.331 e. The van der Waals surface area contributed by atoms with Gasteiger partial charge in [0.25, 0.3) is 0 Å². The number of unbranched alkanes of at least 4 members (excludes halogenated alkanes) is 3. The highest BCUT2D eigenvalue weighted by molar-refractivity contribution is 7.98. The standard InChI is InChI=1S/C17H23NO3S/c1-4-5-6-7-8-16(18-21-13(2)19)17(20)14-9-11-15(22-3)12-10-14/h9-12H,4-8H2,1-3H3/b18-16+. The van der Waals surface area contributed by atoms with Crippen LogP contribution >= 0.6 is 11.8 Å². The Balaban J connectivity index is 2.80. The van der Waals surface area contributed by atoms with E-state index in [2.05, 4.69) is 16.9 Å². The summed E-state index contributed by atoms with van der Waals surface area (Å²) in [6.45, 7) is 3.41. The molecule has 0 unspecified atom stereocenters. The zero-order valence-electron chi connectivity index (χ0n) is 13.4. The van der Waals surface area contributed by atoms with Gasteiger partial charge in [0.05, 0.1) is 0 Å². The number of ketones is 1. The lowest BCUT2D eigenvalue weighted by Crippen LogP contribution is -2.15. The first-order valence-electron chi connectivity index (χ1n) is 7.51. The monoisotopic (exact) mass is 321 g/mol. The van der Waals surface area contributed by atoms with Crippen molar-refractivity contribution in [1.82, 2.24) is 0 Å². The van der Waals surface area contributed by atoms with Gasteiger partial charge in [-0.05, 0) is 43.4 Å². The normalized spacial score (nSPS) is 11.3. The topological polar surface area (TPSA) is 55.7 Å². The Hall–Kier alpha value is -1.62. The van der Waals surface area contributed by atoms with Gasteiger partial charge in [-0.1, -0.05) is 31.3 Å². The molecule has 0 saturated carbocycles. The predicted octanol–water partition coefficient (Wildman–Crippen LogP) is 4.48. The zero-order valence-corrected chi connectivity index (χ0v) is 14.2. The van der Waals surface area contributed by atoms with Gasteiger partial charge in [-0.25, -0.2) is 4.79 Å². The molecular formula is C17H23NO3S. The fourth-order valence-electron chi connectivity index (χ4n) is 1.95. The molecule has 0 N–H and O–H groups in total. The number of benzene rings is 1. The Labute approximate surface area is 136 Å². The number of hydrogen-bond acceptors (Lipinski definition) is 5. The Morgan fingerprint density at radius 3 is 2.36 bits per heavy atom. The van der Waals surface area contributed by atoms with Crippen molar-refractivity contribution in [2.75, 3.05) is 6.26 Å². The van der Waals surface area contributed by atoms with Gasteiger partial charge in [0.15, 0.2) is 0 Å². The van der Waals surface area contributed by atoms with E-state index in [1.165, 1.54) is 6.92 Å². The first-order chi connectivity index (χ1) is 10.6. The summed E-state index contributed by atoms with van der Waals surface area (Å²) in [7, 11) is 0. The number of rotatable bonds is 9. The summed E-state index contributed by atoms with van der Waals surface area (Å²) in [6.07, 6.45) is 6.66. The van der Waals surface area contributed by atoms with Crippen LogP contribution in [-0.4, -0.2) is 23.7 Å². The third-order valence-electron chi connectivity index (χ3n) is 3.17. The molecule has 0 aliphatic carbocycles. The maximum Gasteiger partial charge on any atom is 0.331 e. The molecule has 1 aromatic carbocycles. The van der Waals surface area contributed by atoms with E-state index in [4.69, 9.17) is 0 Å². The maximum absolute atomic E-state index is 12.5. The highest BCUT2D eigenvalue weighted by atomic mass is 32.2. The summed E-state index contributed by atoms with van der Waals surface area (Å²) in [5.41, 5.74) is 0.877. The maximum atomic E-state index is 12.5. The van der Waals surface area contributed by atoms with E-state index < -0.39 is 5.97 Å². The van der Waals surface area contributed by atoms with Crippen LogP contribution in [0.5, 0.6) is 0 Å². The number of hydrogen-bond donors (Lipinski definition) is 0. The second-order valence-electron chi connectivity index (χ2n) is 4.99. The zero-order chi connectivity index (χ0) is 16.4. The molecule has 0 spiro atoms. The minimum absolute atomic E-state index is 0.176. The number of thioether (sulfide) groups is 1. The van der Waals surface area contributed by atoms with Crippen molar-refractivity contribution >= 4 is 29.2 Å². The fraction of sp³-hybridized carbons (Fsp3) is 0.471. The summed E-state index contributed by atoms with van der Waals surface area (Å²) >= 11 is 1.62. The van der Waals surface area contributed by atoms with Crippen molar-refractivity contribution in [3.05, 3.63) is 29.8 Å². The van der Waals surface area contributed by atoms with Crippen LogP contribution in [0.15, 0.2) is 34.3 Å². The molecule has 22 heavy (non-hydrogen) atoms. The van der Waals surface area contributed by atoms with E-state index in [1.807, 2.05) is 18.4 Å². The molecule has 5 heteroatoms. The molecule has 4 nitrogen and oxygen atoms in total. The second-order valence-corrected chi connectivity index (χ2v) is 5.87. The van der Waals surface area contributed by atoms with E-state index in [0.29, 0.717) is 17.7 Å². The molecule has 0 aliphatic rings. The van der Waals surface area contributed by atoms with Crippen molar-refractivity contribution < 1.29 is 14.4 Å². The van der Waals surface area contributed by atoms with E-state index in [1.54, 1.807) is 23.9 Å². The average molecular weight is 321 g/mol. The van der Waals surface area contributed by atoms with Crippen LogP contribution in [0.1, 0.15) is 56.3 Å². The number of carbonyl (C=O) groups excluding carboxylic acids is 2. The fourth-order valence-corrected chi connectivity index (χ4v) is 2.36. The summed E-state index contributed by atoms with van der Waals surface area (Å²) in [4.78, 5) is 29.2. The van der Waals surface area contributed by atoms with Crippen molar-refractivity contribution in [1.29, 1.82) is 0 Å². The van der Waals surface area contributed by atoms with Gasteiger partial charge in [0.1, 0.15) is 5.71 Å². The Bertz CT molecular complexity index is 523. The molecule has 1 aromatic rings. The second kappa shape index (κ2) is 10.2. The summed E-state index contributed by atoms with van der Waals surface area (Å²) in [5.74, 6) is -0.693. The highest BCUT2D eigenvalue weighted by Crippen LogP contribution is 2.16. The summed E-state index contributed by atoms with van der Waals surface area (Å²) in [6, 6.07) is 7.36. The molecule has 0 fully saturated rings. The molecule has 0 aliphatic heterocycles. The Morgan fingerprint density at radius 1 is 1.14 bits per heavy atom. The molecule has 0 heterocycles. The van der Waals surface area contributed by atoms with Crippen LogP contribution in [0, 0.1) is 0 Å². The highest BCUT2D eigenvalue weighted by Gasteiger charge is 2.15. The van der Waals surface area contributed by atoms with E-state index in [0.717, 1.165) is 30.6 Å². The smallest absolute Gasteiger partial charge is 0.318 e. The van der Waals surface area contributed by atoms with Gasteiger partial charge in [0.2, 0.25) is 5.78 Å². The minimum Gasteiger partial charge on any atom is -0.318 e. The molecule has 0 radical (unpaired) electrons. The first kappa shape index (κ1) is 18.4. The van der Waals surface area contributed by atoms with Gasteiger partial charge >= 0.3 is 5.97 Å². The summed E-state index contributed by atoms with van der Waals surface area (Å²) < 4.78 is 0. The van der Waals surface area contributed by atoms with Crippen LogP contribution in [0.3, 0.4) is 0 Å². The van der Waals surface area contributed by atoms with Crippen LogP contribution in [0.2, 0.25) is 0 Å². The van der Waals surface area contributed by atoms with Gasteiger partial charge in [0, 0.05) is 17.4 Å². The number of carbonyl (C=O) groups is 2. The number of nitrogens with zero attached hydrogens (tertiary/aromatic N) is 1. The van der Waals surface area contributed by atoms with Crippen molar-refractivity contribution in [3.63, 3.8) is 0 Å². The summed E-state index contributed by atoms with van der Waals surface area (Å²) in [5, 5.41) is 3.75. The van der Waals surface area contributed by atoms with Crippen LogP contribution in [0.25, 0.3) is 0 Å². The Morgan fingerprint density at radius 2 is 1.82 bits per heavy atom.